The van der Waals surface area contributed by atoms with E-state index in [-0.39, 0.29) is 21.1 Å². The van der Waals surface area contributed by atoms with Crippen LogP contribution in [-0.4, -0.2) is 43.7 Å². The van der Waals surface area contributed by atoms with Crippen molar-refractivity contribution in [2.75, 3.05) is 0 Å². The van der Waals surface area contributed by atoms with Gasteiger partial charge < -0.3 is 0 Å². The molecule has 0 aliphatic rings. The van der Waals surface area contributed by atoms with Crippen molar-refractivity contribution in [2.45, 2.75) is 0 Å². The van der Waals surface area contributed by atoms with Crippen LogP contribution in [0.1, 0.15) is 0 Å². The Morgan fingerprint density at radius 2 is 1.71 bits per heavy atom. The van der Waals surface area contributed by atoms with E-state index in [0.29, 0.717) is 0 Å². The van der Waals surface area contributed by atoms with Gasteiger partial charge in [-0.2, -0.15) is 0 Å². The van der Waals surface area contributed by atoms with Crippen molar-refractivity contribution in [3.63, 3.8) is 0 Å². The van der Waals surface area contributed by atoms with E-state index in [1.165, 1.54) is 14.1 Å². The average Bonchev–Trinajstić information content (AvgIpc) is 1.35. The van der Waals surface area contributed by atoms with E-state index in [4.69, 9.17) is 23.2 Å². The topological polar surface area (TPSA) is 0 Å². The van der Waals surface area contributed by atoms with E-state index >= 15 is 0 Å². The molecular weight excluding hydrogens is 249 g/mol. The molecule has 0 atom stereocenters. The number of hydrogen-bond acceptors (Lipinski definition) is 0. The Bertz CT molecular complexity index is 25.4. The summed E-state index contributed by atoms with van der Waals surface area (Å²) in [4.78, 5) is 0. The van der Waals surface area contributed by atoms with E-state index in [9.17, 15) is 0 Å². The summed E-state index contributed by atoms with van der Waals surface area (Å²) in [5, 5.41) is 0. The van der Waals surface area contributed by atoms with Gasteiger partial charge in [0.15, 0.2) is 0 Å². The van der Waals surface area contributed by atoms with Crippen LogP contribution in [-0.2, 0) is 21.1 Å². The summed E-state index contributed by atoms with van der Waals surface area (Å²) >= 11 is 0. The van der Waals surface area contributed by atoms with Gasteiger partial charge in [-0.15, -0.1) is 0 Å². The molecule has 0 nitrogen and oxygen atoms in total. The predicted octanol–water partition coefficient (Wildman–Crippen LogP) is -2.29. The van der Waals surface area contributed by atoms with Crippen LogP contribution in [0, 0.1) is 0 Å². The first-order valence-corrected chi connectivity index (χ1v) is 1.67. The fourth-order valence-electron chi connectivity index (χ4n) is 0.128. The predicted molar refractivity (Wildman–Crippen MR) is 34.5 cm³/mol. The first-order chi connectivity index (χ1) is 2.77. The zero-order chi connectivity index (χ0) is 4.99. The molecule has 0 aromatic heterocycles. The fraction of sp³-hybridized carbons (Fsp3) is 0. The molecule has 0 aromatic rings. The van der Waals surface area contributed by atoms with Crippen LogP contribution in [0.3, 0.4) is 0 Å². The second-order valence-corrected chi connectivity index (χ2v) is 0.962. The second-order valence-electron chi connectivity index (χ2n) is 0.962. The van der Waals surface area contributed by atoms with Crippen molar-refractivity contribution in [2.24, 2.45) is 0 Å². The maximum absolute atomic E-state index is 5.01. The first kappa shape index (κ1) is 11.0. The van der Waals surface area contributed by atoms with Gasteiger partial charge in [-0.1, -0.05) is 0 Å². The van der Waals surface area contributed by atoms with Gasteiger partial charge in [-0.3, -0.25) is 0 Å². The normalized spacial score (nSPS) is 5.71. The van der Waals surface area contributed by atoms with Gasteiger partial charge in [-0.05, 0) is 0 Å². The molecule has 0 heterocycles. The SMILES string of the molecule is [B][B][B]B([B])[B].[W]. The minimum absolute atomic E-state index is 0. The second kappa shape index (κ2) is 7.08. The molecule has 0 rings (SSSR count). The van der Waals surface area contributed by atoms with Crippen molar-refractivity contribution in [3.8, 4) is 0 Å². The maximum atomic E-state index is 5.01. The molecule has 0 aliphatic carbocycles. The molecule has 0 spiro atoms. The Balaban J connectivity index is 0. The van der Waals surface area contributed by atoms with Gasteiger partial charge in [0.2, 0.25) is 0 Å². The van der Waals surface area contributed by atoms with Crippen molar-refractivity contribution < 1.29 is 21.1 Å². The van der Waals surface area contributed by atoms with Crippen LogP contribution in [0.2, 0.25) is 0 Å². The third-order valence-corrected chi connectivity index (χ3v) is 0.333. The van der Waals surface area contributed by atoms with Crippen LogP contribution >= 0.6 is 0 Å². The summed E-state index contributed by atoms with van der Waals surface area (Å²) in [5.74, 6) is 0. The number of rotatable bonds is 2. The van der Waals surface area contributed by atoms with Gasteiger partial charge in [0.05, 0.1) is 0 Å². The average molecular weight is 249 g/mol. The molecule has 0 aliphatic heterocycles. The van der Waals surface area contributed by atoms with Gasteiger partial charge in [0.25, 0.3) is 0 Å². The van der Waals surface area contributed by atoms with Crippen molar-refractivity contribution >= 4 is 43.7 Å². The first-order valence-electron chi connectivity index (χ1n) is 1.67. The molecule has 0 unspecified atom stereocenters. The van der Waals surface area contributed by atoms with E-state index in [2.05, 4.69) is 0 Å². The molecular formula is B6W. The Kier molecular flexibility index (Phi) is 11.1. The summed E-state index contributed by atoms with van der Waals surface area (Å²) in [7, 11) is 17.7. The molecule has 0 N–H and O–H groups in total. The van der Waals surface area contributed by atoms with Gasteiger partial charge in [-0.25, -0.2) is 0 Å². The Morgan fingerprint density at radius 1 is 1.29 bits per heavy atom. The molecule has 24 valence electrons. The summed E-state index contributed by atoms with van der Waals surface area (Å²) < 4.78 is 0. The van der Waals surface area contributed by atoms with Crippen LogP contribution in [0.4, 0.5) is 0 Å². The van der Waals surface area contributed by atoms with Gasteiger partial charge >= 0.3 is 0 Å². The Morgan fingerprint density at radius 3 is 1.71 bits per heavy atom. The van der Waals surface area contributed by atoms with E-state index in [0.717, 1.165) is 0 Å². The van der Waals surface area contributed by atoms with Crippen molar-refractivity contribution in [1.29, 1.82) is 0 Å². The molecule has 0 amide bonds. The Labute approximate surface area is 64.9 Å². The Hall–Kier alpha value is 1.08. The summed E-state index contributed by atoms with van der Waals surface area (Å²) in [5.41, 5.74) is 0. The molecule has 7 heteroatoms. The number of hydrogen-bond donors (Lipinski definition) is 0. The molecule has 0 saturated carbocycles. The van der Waals surface area contributed by atoms with E-state index in [1.807, 2.05) is 0 Å². The summed E-state index contributed by atoms with van der Waals surface area (Å²) in [6, 6.07) is 0. The molecule has 8 radical (unpaired) electrons. The third-order valence-electron chi connectivity index (χ3n) is 0.333. The molecule has 0 aromatic carbocycles. The molecule has 7 heavy (non-hydrogen) atoms. The molecule has 0 fully saturated rings. The quantitative estimate of drug-likeness (QED) is 0.483. The van der Waals surface area contributed by atoms with Gasteiger partial charge in [0.1, 0.15) is 0 Å². The smallest absolute Gasteiger partial charge is 0 e. The minimum Gasteiger partial charge on any atom is 0 e. The molecule has 0 bridgehead atoms. The maximum Gasteiger partial charge on any atom is 0 e. The molecule has 0 saturated heterocycles. The van der Waals surface area contributed by atoms with E-state index < -0.39 is 6.39 Å². The van der Waals surface area contributed by atoms with Crippen LogP contribution in [0.15, 0.2) is 0 Å². The standard InChI is InChI=1S/B6.W/c1-4-5-6(2)3;. The van der Waals surface area contributed by atoms with Crippen LogP contribution in [0.25, 0.3) is 0 Å². The monoisotopic (exact) mass is 250 g/mol. The summed E-state index contributed by atoms with van der Waals surface area (Å²) in [6.45, 7) is 0. The van der Waals surface area contributed by atoms with Gasteiger partial charge in [0, 0.05) is 64.8 Å². The van der Waals surface area contributed by atoms with Crippen LogP contribution in [0.5, 0.6) is 0 Å². The van der Waals surface area contributed by atoms with Crippen molar-refractivity contribution in [1.82, 2.24) is 0 Å². The zero-order valence-electron chi connectivity index (χ0n) is 3.87. The fourth-order valence-corrected chi connectivity index (χ4v) is 0.128. The van der Waals surface area contributed by atoms with E-state index in [1.54, 1.807) is 0 Å². The third kappa shape index (κ3) is 11.0. The van der Waals surface area contributed by atoms with Crippen molar-refractivity contribution in [3.05, 3.63) is 0 Å². The summed E-state index contributed by atoms with van der Waals surface area (Å²) in [6.07, 6.45) is -0.407. The van der Waals surface area contributed by atoms with Crippen LogP contribution < -0.4 is 0 Å². The largest absolute Gasteiger partial charge is 0 e. The zero-order valence-corrected chi connectivity index (χ0v) is 6.81. The minimum atomic E-state index is -0.407.